The highest BCUT2D eigenvalue weighted by molar-refractivity contribution is 14.1. The van der Waals surface area contributed by atoms with Gasteiger partial charge in [0.05, 0.1) is 0 Å². The van der Waals surface area contributed by atoms with E-state index >= 15 is 0 Å². The second-order valence-electron chi connectivity index (χ2n) is 3.84. The zero-order chi connectivity index (χ0) is 9.42. The Kier molecular flexibility index (Phi) is 4.22. The largest absolute Gasteiger partial charge is 0.327 e. The molecule has 0 saturated heterocycles. The fraction of sp³-hybridized carbons (Fsp3) is 0.455. The van der Waals surface area contributed by atoms with Crippen molar-refractivity contribution in [2.24, 2.45) is 5.73 Å². The van der Waals surface area contributed by atoms with Crippen LogP contribution in [0.25, 0.3) is 0 Å². The van der Waals surface area contributed by atoms with E-state index in [9.17, 15) is 0 Å². The van der Waals surface area contributed by atoms with E-state index in [0.717, 1.165) is 19.3 Å². The Bertz CT molecular complexity index is 338. The van der Waals surface area contributed by atoms with Crippen molar-refractivity contribution in [3.05, 3.63) is 32.4 Å². The molecule has 0 aliphatic heterocycles. The molecule has 2 rings (SSSR count). The summed E-state index contributed by atoms with van der Waals surface area (Å²) in [4.78, 5) is 0. The predicted molar refractivity (Wildman–Crippen MR) is 71.1 cm³/mol. The van der Waals surface area contributed by atoms with E-state index in [4.69, 9.17) is 5.73 Å². The highest BCUT2D eigenvalue weighted by atomic mass is 127. The Labute approximate surface area is 105 Å². The third-order valence-corrected chi connectivity index (χ3v) is 4.28. The van der Waals surface area contributed by atoms with Crippen LogP contribution in [0.3, 0.4) is 0 Å². The minimum absolute atomic E-state index is 0. The molecule has 78 valence electrons. The zero-order valence-electron chi connectivity index (χ0n) is 8.22. The molecule has 1 aliphatic carbocycles. The molecule has 3 heteroatoms. The van der Waals surface area contributed by atoms with Crippen molar-refractivity contribution in [1.82, 2.24) is 0 Å². The molecule has 0 bridgehead atoms. The first-order valence-electron chi connectivity index (χ1n) is 4.71. The second-order valence-corrected chi connectivity index (χ2v) is 4.92. The molecule has 1 aromatic rings. The zero-order valence-corrected chi connectivity index (χ0v) is 11.2. The summed E-state index contributed by atoms with van der Waals surface area (Å²) < 4.78 is 1.45. The highest BCUT2D eigenvalue weighted by Crippen LogP contribution is 2.27. The molecule has 0 aromatic heterocycles. The molecule has 1 aromatic carbocycles. The minimum atomic E-state index is 0. The van der Waals surface area contributed by atoms with Gasteiger partial charge in [-0.3, -0.25) is 0 Å². The van der Waals surface area contributed by atoms with Crippen molar-refractivity contribution in [3.8, 4) is 0 Å². The summed E-state index contributed by atoms with van der Waals surface area (Å²) in [5, 5.41) is 0. The van der Waals surface area contributed by atoms with Gasteiger partial charge in [-0.2, -0.15) is 0 Å². The second kappa shape index (κ2) is 4.81. The molecule has 14 heavy (non-hydrogen) atoms. The van der Waals surface area contributed by atoms with Gasteiger partial charge in [-0.1, -0.05) is 12.1 Å². The van der Waals surface area contributed by atoms with E-state index < -0.39 is 0 Å². The molecule has 1 unspecified atom stereocenters. The van der Waals surface area contributed by atoms with Gasteiger partial charge in [0.25, 0.3) is 0 Å². The molecule has 2 N–H and O–H groups in total. The average molecular weight is 324 g/mol. The third-order valence-electron chi connectivity index (χ3n) is 2.78. The summed E-state index contributed by atoms with van der Waals surface area (Å²) in [6.07, 6.45) is 3.37. The molecule has 0 radical (unpaired) electrons. The summed E-state index contributed by atoms with van der Waals surface area (Å²) in [5.41, 5.74) is 10.3. The van der Waals surface area contributed by atoms with Crippen molar-refractivity contribution in [1.29, 1.82) is 0 Å². The Balaban J connectivity index is 0.000000980. The van der Waals surface area contributed by atoms with Crippen molar-refractivity contribution in [2.75, 3.05) is 0 Å². The van der Waals surface area contributed by atoms with Crippen molar-refractivity contribution >= 4 is 35.0 Å². The molecular formula is C11H15ClIN. The van der Waals surface area contributed by atoms with E-state index in [1.807, 2.05) is 0 Å². The minimum Gasteiger partial charge on any atom is -0.327 e. The standard InChI is InChI=1S/C11H14IN.ClH/c1-7-2-3-8-6-9(13)4-5-10(8)11(7)12;/h2-3,9H,4-6,13H2,1H3;1H. The molecule has 0 heterocycles. The SMILES string of the molecule is Cc1ccc2c(c1I)CCC(N)C2.Cl. The predicted octanol–water partition coefficient (Wildman–Crippen LogP) is 2.84. The van der Waals surface area contributed by atoms with Crippen LogP contribution in [0.5, 0.6) is 0 Å². The maximum absolute atomic E-state index is 5.94. The van der Waals surface area contributed by atoms with Crippen LogP contribution in [0.15, 0.2) is 12.1 Å². The molecule has 0 fully saturated rings. The molecule has 0 spiro atoms. The monoisotopic (exact) mass is 323 g/mol. The van der Waals surface area contributed by atoms with Crippen molar-refractivity contribution in [2.45, 2.75) is 32.2 Å². The molecule has 1 atom stereocenters. The van der Waals surface area contributed by atoms with Gasteiger partial charge in [-0.15, -0.1) is 12.4 Å². The van der Waals surface area contributed by atoms with E-state index in [-0.39, 0.29) is 12.4 Å². The lowest BCUT2D eigenvalue weighted by Crippen LogP contribution is -2.28. The summed E-state index contributed by atoms with van der Waals surface area (Å²) in [6, 6.07) is 4.83. The summed E-state index contributed by atoms with van der Waals surface area (Å²) in [7, 11) is 0. The van der Waals surface area contributed by atoms with Gasteiger partial charge in [0.15, 0.2) is 0 Å². The smallest absolute Gasteiger partial charge is 0.0194 e. The van der Waals surface area contributed by atoms with Crippen LogP contribution in [-0.4, -0.2) is 6.04 Å². The van der Waals surface area contributed by atoms with Gasteiger partial charge < -0.3 is 5.73 Å². The van der Waals surface area contributed by atoms with Crippen molar-refractivity contribution in [3.63, 3.8) is 0 Å². The first kappa shape index (κ1) is 12.3. The van der Waals surface area contributed by atoms with E-state index in [1.165, 1.54) is 14.7 Å². The van der Waals surface area contributed by atoms with Gasteiger partial charge in [-0.05, 0) is 65.5 Å². The summed E-state index contributed by atoms with van der Waals surface area (Å²) in [5.74, 6) is 0. The number of nitrogens with two attached hydrogens (primary N) is 1. The number of halogens is 2. The normalized spacial score (nSPS) is 19.8. The Morgan fingerprint density at radius 1 is 1.43 bits per heavy atom. The number of benzene rings is 1. The fourth-order valence-electron chi connectivity index (χ4n) is 1.95. The van der Waals surface area contributed by atoms with Crippen LogP contribution < -0.4 is 5.73 Å². The van der Waals surface area contributed by atoms with Crippen LogP contribution in [0.1, 0.15) is 23.1 Å². The van der Waals surface area contributed by atoms with E-state index in [2.05, 4.69) is 41.6 Å². The lowest BCUT2D eigenvalue weighted by molar-refractivity contribution is 0.574. The Morgan fingerprint density at radius 2 is 2.14 bits per heavy atom. The van der Waals surface area contributed by atoms with E-state index in [1.54, 1.807) is 5.56 Å². The van der Waals surface area contributed by atoms with Gasteiger partial charge in [0.2, 0.25) is 0 Å². The molecular weight excluding hydrogens is 308 g/mol. The molecule has 1 nitrogen and oxygen atoms in total. The maximum Gasteiger partial charge on any atom is 0.0194 e. The number of hydrogen-bond acceptors (Lipinski definition) is 1. The number of rotatable bonds is 0. The molecule has 0 saturated carbocycles. The summed E-state index contributed by atoms with van der Waals surface area (Å²) in [6.45, 7) is 2.18. The highest BCUT2D eigenvalue weighted by Gasteiger charge is 2.17. The molecule has 1 aliphatic rings. The first-order chi connectivity index (χ1) is 6.18. The lowest BCUT2D eigenvalue weighted by Gasteiger charge is -2.23. The van der Waals surface area contributed by atoms with Gasteiger partial charge in [0.1, 0.15) is 0 Å². The lowest BCUT2D eigenvalue weighted by atomic mass is 9.88. The van der Waals surface area contributed by atoms with Gasteiger partial charge in [-0.25, -0.2) is 0 Å². The first-order valence-corrected chi connectivity index (χ1v) is 5.79. The topological polar surface area (TPSA) is 26.0 Å². The quantitative estimate of drug-likeness (QED) is 0.730. The fourth-order valence-corrected chi connectivity index (χ4v) is 2.75. The number of aryl methyl sites for hydroxylation is 1. The van der Waals surface area contributed by atoms with Crippen LogP contribution in [0.2, 0.25) is 0 Å². The van der Waals surface area contributed by atoms with Crippen LogP contribution >= 0.6 is 35.0 Å². The Hall–Kier alpha value is 0.200. The van der Waals surface area contributed by atoms with Gasteiger partial charge >= 0.3 is 0 Å². The number of fused-ring (bicyclic) bond motifs is 1. The van der Waals surface area contributed by atoms with Crippen LogP contribution in [0.4, 0.5) is 0 Å². The summed E-state index contributed by atoms with van der Waals surface area (Å²) >= 11 is 2.45. The third kappa shape index (κ3) is 2.23. The maximum atomic E-state index is 5.94. The molecule has 0 amide bonds. The Morgan fingerprint density at radius 3 is 2.86 bits per heavy atom. The van der Waals surface area contributed by atoms with Crippen molar-refractivity contribution < 1.29 is 0 Å². The number of hydrogen-bond donors (Lipinski definition) is 1. The van der Waals surface area contributed by atoms with E-state index in [0.29, 0.717) is 6.04 Å². The van der Waals surface area contributed by atoms with Gasteiger partial charge in [0, 0.05) is 9.61 Å². The van der Waals surface area contributed by atoms with Crippen LogP contribution in [0, 0.1) is 10.5 Å². The average Bonchev–Trinajstić information content (AvgIpc) is 2.12. The van der Waals surface area contributed by atoms with Crippen LogP contribution in [-0.2, 0) is 12.8 Å².